The minimum atomic E-state index is -4.56. The summed E-state index contributed by atoms with van der Waals surface area (Å²) in [5, 5.41) is 11.5. The number of halogens is 3. The van der Waals surface area contributed by atoms with Crippen LogP contribution in [0, 0.1) is 0 Å². The van der Waals surface area contributed by atoms with Gasteiger partial charge in [0.05, 0.1) is 18.3 Å². The molecule has 5 nitrogen and oxygen atoms in total. The van der Waals surface area contributed by atoms with Gasteiger partial charge in [0.25, 0.3) is 0 Å². The van der Waals surface area contributed by atoms with E-state index in [0.29, 0.717) is 18.4 Å². The van der Waals surface area contributed by atoms with Gasteiger partial charge >= 0.3 is 12.3 Å². The molecule has 1 aliphatic carbocycles. The number of hydrogen-bond donors (Lipinski definition) is 1. The number of aliphatic hydroxyl groups is 1. The first-order chi connectivity index (χ1) is 18.2. The molecule has 2 bridgehead atoms. The summed E-state index contributed by atoms with van der Waals surface area (Å²) in [5.41, 5.74) is 2.70. The highest BCUT2D eigenvalue weighted by atomic mass is 19.4. The van der Waals surface area contributed by atoms with E-state index in [-0.39, 0.29) is 43.2 Å². The van der Waals surface area contributed by atoms with Crippen LogP contribution in [0.2, 0.25) is 0 Å². The Morgan fingerprint density at radius 3 is 2.11 bits per heavy atom. The summed E-state index contributed by atoms with van der Waals surface area (Å²) in [4.78, 5) is 15.0. The van der Waals surface area contributed by atoms with Crippen molar-refractivity contribution >= 4 is 6.09 Å². The van der Waals surface area contributed by atoms with Crippen LogP contribution < -0.4 is 4.74 Å². The molecule has 2 heterocycles. The predicted molar refractivity (Wildman–Crippen MR) is 135 cm³/mol. The first kappa shape index (κ1) is 24.8. The van der Waals surface area contributed by atoms with Crippen LogP contribution in [0.3, 0.4) is 0 Å². The topological polar surface area (TPSA) is 59.0 Å². The number of nitrogens with zero attached hydrogens (tertiary/aromatic N) is 1. The number of rotatable bonds is 4. The van der Waals surface area contributed by atoms with Crippen LogP contribution in [-0.4, -0.2) is 41.9 Å². The molecule has 0 spiro atoms. The second-order valence-electron chi connectivity index (χ2n) is 10.4. The van der Waals surface area contributed by atoms with E-state index >= 15 is 0 Å². The second kappa shape index (κ2) is 9.05. The highest BCUT2D eigenvalue weighted by molar-refractivity contribution is 5.79. The van der Waals surface area contributed by atoms with E-state index in [0.717, 1.165) is 28.3 Å². The van der Waals surface area contributed by atoms with Crippen molar-refractivity contribution in [3.8, 4) is 16.9 Å². The normalized spacial score (nSPS) is 24.2. The fourth-order valence-corrected chi connectivity index (χ4v) is 6.64. The Morgan fingerprint density at radius 2 is 1.55 bits per heavy atom. The average Bonchev–Trinajstić information content (AvgIpc) is 3.38. The number of ether oxygens (including phenoxy) is 2. The number of methoxy groups -OCH3 is 1. The van der Waals surface area contributed by atoms with Gasteiger partial charge in [-0.25, -0.2) is 4.79 Å². The number of fused-ring (bicyclic) bond motifs is 5. The Labute approximate surface area is 218 Å². The summed E-state index contributed by atoms with van der Waals surface area (Å²) in [6, 6.07) is 19.3. The smallest absolute Gasteiger partial charge is 0.419 e. The molecule has 6 rings (SSSR count). The zero-order valence-corrected chi connectivity index (χ0v) is 20.9. The predicted octanol–water partition coefficient (Wildman–Crippen LogP) is 6.48. The number of benzene rings is 3. The minimum absolute atomic E-state index is 0.0506. The number of amides is 1. The standard InChI is InChI=1S/C30H28F3NO4/c1-37-27-14-18(10-13-26(27)30(31,32)33)29(36)15-19-11-12-20(16-29)34(19)28(35)38-17-25-23-8-4-2-6-21(23)22-7-3-5-9-24(22)25/h2-10,13-14,19-20,25,36H,11-12,15-17H2,1H3. The zero-order valence-electron chi connectivity index (χ0n) is 20.9. The van der Waals surface area contributed by atoms with Crippen LogP contribution in [-0.2, 0) is 16.5 Å². The molecule has 2 aliphatic heterocycles. The van der Waals surface area contributed by atoms with E-state index in [2.05, 4.69) is 24.3 Å². The van der Waals surface area contributed by atoms with Crippen molar-refractivity contribution in [2.45, 2.75) is 55.5 Å². The molecule has 3 aromatic rings. The first-order valence-corrected chi connectivity index (χ1v) is 12.8. The SMILES string of the molecule is COc1cc(C2(O)CC3CCC(C2)N3C(=O)OCC2c3ccccc3-c3ccccc32)ccc1C(F)(F)F. The lowest BCUT2D eigenvalue weighted by molar-refractivity contribution is -0.138. The van der Waals surface area contributed by atoms with Crippen molar-refractivity contribution in [1.82, 2.24) is 4.90 Å². The Bertz CT molecular complexity index is 1330. The third-order valence-corrected chi connectivity index (χ3v) is 8.36. The monoisotopic (exact) mass is 523 g/mol. The maximum atomic E-state index is 13.3. The maximum Gasteiger partial charge on any atom is 0.419 e. The molecule has 0 saturated carbocycles. The summed E-state index contributed by atoms with van der Waals surface area (Å²) in [6.45, 7) is 0.211. The fourth-order valence-electron chi connectivity index (χ4n) is 6.64. The second-order valence-corrected chi connectivity index (χ2v) is 10.4. The molecule has 8 heteroatoms. The number of carbonyl (C=O) groups is 1. The lowest BCUT2D eigenvalue weighted by Crippen LogP contribution is -2.52. The molecule has 1 N–H and O–H groups in total. The van der Waals surface area contributed by atoms with Crippen LogP contribution in [0.4, 0.5) is 18.0 Å². The van der Waals surface area contributed by atoms with Gasteiger partial charge in [0.15, 0.2) is 0 Å². The van der Waals surface area contributed by atoms with Gasteiger partial charge in [-0.05, 0) is 52.8 Å². The molecular weight excluding hydrogens is 495 g/mol. The van der Waals surface area contributed by atoms with Gasteiger partial charge in [-0.3, -0.25) is 0 Å². The van der Waals surface area contributed by atoms with Crippen LogP contribution in [0.1, 0.15) is 53.9 Å². The van der Waals surface area contributed by atoms with Gasteiger partial charge in [0.1, 0.15) is 12.4 Å². The van der Waals surface area contributed by atoms with Crippen molar-refractivity contribution < 1.29 is 32.5 Å². The molecule has 38 heavy (non-hydrogen) atoms. The van der Waals surface area contributed by atoms with Crippen LogP contribution >= 0.6 is 0 Å². The Balaban J connectivity index is 1.18. The van der Waals surface area contributed by atoms with Gasteiger partial charge in [-0.15, -0.1) is 0 Å². The Kier molecular flexibility index (Phi) is 5.90. The number of carbonyl (C=O) groups excluding carboxylic acids is 1. The highest BCUT2D eigenvalue weighted by Gasteiger charge is 2.51. The number of hydrogen-bond acceptors (Lipinski definition) is 4. The zero-order chi connectivity index (χ0) is 26.7. The molecule has 2 fully saturated rings. The molecule has 3 aliphatic rings. The molecule has 0 aromatic heterocycles. The van der Waals surface area contributed by atoms with E-state index < -0.39 is 23.4 Å². The summed E-state index contributed by atoms with van der Waals surface area (Å²) >= 11 is 0. The molecule has 2 saturated heterocycles. The quantitative estimate of drug-likeness (QED) is 0.426. The van der Waals surface area contributed by atoms with Gasteiger partial charge in [-0.2, -0.15) is 13.2 Å². The first-order valence-electron chi connectivity index (χ1n) is 12.8. The molecule has 2 atom stereocenters. The van der Waals surface area contributed by atoms with Crippen molar-refractivity contribution in [2.24, 2.45) is 0 Å². The summed E-state index contributed by atoms with van der Waals surface area (Å²) in [5.74, 6) is -0.375. The van der Waals surface area contributed by atoms with Crippen molar-refractivity contribution in [3.63, 3.8) is 0 Å². The summed E-state index contributed by atoms with van der Waals surface area (Å²) < 4.78 is 50.9. The van der Waals surface area contributed by atoms with Crippen molar-refractivity contribution in [3.05, 3.63) is 89.0 Å². The maximum absolute atomic E-state index is 13.3. The van der Waals surface area contributed by atoms with Crippen LogP contribution in [0.15, 0.2) is 66.7 Å². The third-order valence-electron chi connectivity index (χ3n) is 8.36. The Hall–Kier alpha value is -3.52. The van der Waals surface area contributed by atoms with Gasteiger partial charge < -0.3 is 19.5 Å². The molecule has 3 aromatic carbocycles. The number of alkyl halides is 3. The van der Waals surface area contributed by atoms with Crippen molar-refractivity contribution in [1.29, 1.82) is 0 Å². The van der Waals surface area contributed by atoms with E-state index in [1.54, 1.807) is 4.90 Å². The largest absolute Gasteiger partial charge is 0.496 e. The third kappa shape index (κ3) is 4.02. The average molecular weight is 524 g/mol. The molecule has 0 radical (unpaired) electrons. The van der Waals surface area contributed by atoms with Crippen LogP contribution in [0.25, 0.3) is 11.1 Å². The molecular formula is C30H28F3NO4. The summed E-state index contributed by atoms with van der Waals surface area (Å²) in [7, 11) is 1.18. The molecule has 1 amide bonds. The van der Waals surface area contributed by atoms with Gasteiger partial charge in [0, 0.05) is 30.8 Å². The van der Waals surface area contributed by atoms with E-state index in [9.17, 15) is 23.1 Å². The highest BCUT2D eigenvalue weighted by Crippen LogP contribution is 2.48. The lowest BCUT2D eigenvalue weighted by Gasteiger charge is -2.43. The molecule has 2 unspecified atom stereocenters. The van der Waals surface area contributed by atoms with Gasteiger partial charge in [0.2, 0.25) is 0 Å². The Morgan fingerprint density at radius 1 is 0.974 bits per heavy atom. The fraction of sp³-hybridized carbons (Fsp3) is 0.367. The molecule has 198 valence electrons. The van der Waals surface area contributed by atoms with E-state index in [4.69, 9.17) is 9.47 Å². The van der Waals surface area contributed by atoms with Crippen LogP contribution in [0.5, 0.6) is 5.75 Å². The lowest BCUT2D eigenvalue weighted by atomic mass is 9.80. The van der Waals surface area contributed by atoms with E-state index in [1.807, 2.05) is 24.3 Å². The number of piperidine rings is 1. The summed E-state index contributed by atoms with van der Waals surface area (Å²) in [6.07, 6.45) is -3.11. The van der Waals surface area contributed by atoms with E-state index in [1.165, 1.54) is 19.2 Å². The van der Waals surface area contributed by atoms with Gasteiger partial charge in [-0.1, -0.05) is 54.6 Å². The minimum Gasteiger partial charge on any atom is -0.496 e. The van der Waals surface area contributed by atoms with Crippen molar-refractivity contribution in [2.75, 3.05) is 13.7 Å².